The third-order valence-corrected chi connectivity index (χ3v) is 3.96. The predicted molar refractivity (Wildman–Crippen MR) is 67.9 cm³/mol. The van der Waals surface area contributed by atoms with Crippen LogP contribution < -0.4 is 5.73 Å². The molecule has 0 atom stereocenters. The molecule has 96 valence electrons. The Morgan fingerprint density at radius 3 is 2.47 bits per heavy atom. The minimum Gasteiger partial charge on any atom is -0.384 e. The van der Waals surface area contributed by atoms with Gasteiger partial charge in [-0.15, -0.1) is 0 Å². The standard InChI is InChI=1S/C11H19N3O2S/c1-11(2,3)8-14(4)17(15,16)9-5-6-13-10(12)7-9/h5-7H,8H2,1-4H3,(H2,12,13). The molecule has 0 aliphatic heterocycles. The molecule has 0 spiro atoms. The fourth-order valence-corrected chi connectivity index (χ4v) is 2.94. The van der Waals surface area contributed by atoms with Crippen LogP contribution in [0, 0.1) is 5.41 Å². The number of nitrogen functional groups attached to an aromatic ring is 1. The van der Waals surface area contributed by atoms with Crippen molar-refractivity contribution < 1.29 is 8.42 Å². The van der Waals surface area contributed by atoms with Crippen LogP contribution in [0.15, 0.2) is 23.2 Å². The van der Waals surface area contributed by atoms with E-state index in [9.17, 15) is 8.42 Å². The lowest BCUT2D eigenvalue weighted by molar-refractivity contribution is 0.311. The summed E-state index contributed by atoms with van der Waals surface area (Å²) in [6.45, 7) is 6.40. The van der Waals surface area contributed by atoms with E-state index in [1.54, 1.807) is 7.05 Å². The lowest BCUT2D eigenvalue weighted by atomic mass is 9.97. The first-order valence-electron chi connectivity index (χ1n) is 5.31. The van der Waals surface area contributed by atoms with Crippen LogP contribution >= 0.6 is 0 Å². The van der Waals surface area contributed by atoms with E-state index in [0.29, 0.717) is 6.54 Å². The van der Waals surface area contributed by atoms with E-state index in [-0.39, 0.29) is 16.1 Å². The van der Waals surface area contributed by atoms with Crippen LogP contribution in [0.3, 0.4) is 0 Å². The first-order valence-corrected chi connectivity index (χ1v) is 6.75. The average Bonchev–Trinajstić information content (AvgIpc) is 2.15. The van der Waals surface area contributed by atoms with Crippen molar-refractivity contribution in [2.24, 2.45) is 5.41 Å². The molecule has 2 N–H and O–H groups in total. The SMILES string of the molecule is CN(CC(C)(C)C)S(=O)(=O)c1ccnc(N)c1. The highest BCUT2D eigenvalue weighted by molar-refractivity contribution is 7.89. The van der Waals surface area contributed by atoms with Crippen LogP contribution in [-0.2, 0) is 10.0 Å². The molecule has 0 aliphatic carbocycles. The van der Waals surface area contributed by atoms with Gasteiger partial charge in [0.15, 0.2) is 0 Å². The zero-order valence-corrected chi connectivity index (χ0v) is 11.5. The smallest absolute Gasteiger partial charge is 0.243 e. The molecule has 0 bridgehead atoms. The second-order valence-corrected chi connectivity index (χ2v) is 7.28. The predicted octanol–water partition coefficient (Wildman–Crippen LogP) is 1.33. The van der Waals surface area contributed by atoms with Gasteiger partial charge in [0.25, 0.3) is 0 Å². The molecule has 6 heteroatoms. The molecule has 0 aliphatic rings. The third-order valence-electron chi connectivity index (χ3n) is 2.16. The van der Waals surface area contributed by atoms with Gasteiger partial charge in [0.2, 0.25) is 10.0 Å². The summed E-state index contributed by atoms with van der Waals surface area (Å²) in [5, 5.41) is 0. The molecule has 0 amide bonds. The number of nitrogens with two attached hydrogens (primary N) is 1. The van der Waals surface area contributed by atoms with Crippen LogP contribution in [0.2, 0.25) is 0 Å². The van der Waals surface area contributed by atoms with Gasteiger partial charge >= 0.3 is 0 Å². The highest BCUT2D eigenvalue weighted by Crippen LogP contribution is 2.21. The molecule has 1 aromatic rings. The zero-order chi connectivity index (χ0) is 13.3. The molecule has 0 radical (unpaired) electrons. The quantitative estimate of drug-likeness (QED) is 0.886. The monoisotopic (exact) mass is 257 g/mol. The van der Waals surface area contributed by atoms with Crippen molar-refractivity contribution >= 4 is 15.8 Å². The molecule has 0 unspecified atom stereocenters. The second-order valence-electron chi connectivity index (χ2n) is 5.24. The maximum atomic E-state index is 12.2. The second kappa shape index (κ2) is 4.62. The average molecular weight is 257 g/mol. The van der Waals surface area contributed by atoms with Gasteiger partial charge in [-0.1, -0.05) is 20.8 Å². The van der Waals surface area contributed by atoms with Crippen molar-refractivity contribution in [3.63, 3.8) is 0 Å². The van der Waals surface area contributed by atoms with Gasteiger partial charge in [-0.05, 0) is 11.5 Å². The lowest BCUT2D eigenvalue weighted by Crippen LogP contribution is -2.34. The molecule has 17 heavy (non-hydrogen) atoms. The molecule has 0 fully saturated rings. The van der Waals surface area contributed by atoms with Gasteiger partial charge in [0, 0.05) is 25.9 Å². The third kappa shape index (κ3) is 3.67. The molecule has 1 aromatic heterocycles. The van der Waals surface area contributed by atoms with Crippen molar-refractivity contribution in [1.82, 2.24) is 9.29 Å². The summed E-state index contributed by atoms with van der Waals surface area (Å²) in [6.07, 6.45) is 1.40. The Labute approximate surface area is 103 Å². The number of pyridine rings is 1. The van der Waals surface area contributed by atoms with Gasteiger partial charge in [0.1, 0.15) is 5.82 Å². The summed E-state index contributed by atoms with van der Waals surface area (Å²) in [4.78, 5) is 3.96. The summed E-state index contributed by atoms with van der Waals surface area (Å²) in [7, 11) is -1.91. The molecule has 1 rings (SSSR count). The van der Waals surface area contributed by atoms with Crippen molar-refractivity contribution in [2.75, 3.05) is 19.3 Å². The molecule has 0 saturated carbocycles. The van der Waals surface area contributed by atoms with Crippen LogP contribution in [0.5, 0.6) is 0 Å². The Morgan fingerprint density at radius 1 is 1.41 bits per heavy atom. The molecular formula is C11H19N3O2S. The van der Waals surface area contributed by atoms with E-state index in [1.165, 1.54) is 22.6 Å². The van der Waals surface area contributed by atoms with Crippen molar-refractivity contribution in [3.05, 3.63) is 18.3 Å². The number of anilines is 1. The lowest BCUT2D eigenvalue weighted by Gasteiger charge is -2.26. The number of aromatic nitrogens is 1. The zero-order valence-electron chi connectivity index (χ0n) is 10.6. The summed E-state index contributed by atoms with van der Waals surface area (Å²) >= 11 is 0. The number of hydrogen-bond donors (Lipinski definition) is 1. The maximum Gasteiger partial charge on any atom is 0.243 e. The number of nitrogens with zero attached hydrogens (tertiary/aromatic N) is 2. The van der Waals surface area contributed by atoms with Gasteiger partial charge < -0.3 is 5.73 Å². The van der Waals surface area contributed by atoms with E-state index >= 15 is 0 Å². The van der Waals surface area contributed by atoms with Gasteiger partial charge in [-0.2, -0.15) is 0 Å². The Bertz CT molecular complexity index is 492. The molecule has 0 aromatic carbocycles. The fourth-order valence-electron chi connectivity index (χ4n) is 1.52. The van der Waals surface area contributed by atoms with Gasteiger partial charge in [0.05, 0.1) is 4.90 Å². The molecule has 5 nitrogen and oxygen atoms in total. The highest BCUT2D eigenvalue weighted by atomic mass is 32.2. The van der Waals surface area contributed by atoms with Crippen LogP contribution in [-0.4, -0.2) is 31.3 Å². The van der Waals surface area contributed by atoms with E-state index < -0.39 is 10.0 Å². The number of rotatable bonds is 3. The largest absolute Gasteiger partial charge is 0.384 e. The highest BCUT2D eigenvalue weighted by Gasteiger charge is 2.25. The first kappa shape index (κ1) is 13.9. The van der Waals surface area contributed by atoms with Crippen LogP contribution in [0.1, 0.15) is 20.8 Å². The number of hydrogen-bond acceptors (Lipinski definition) is 4. The molecule has 0 saturated heterocycles. The van der Waals surface area contributed by atoms with E-state index in [2.05, 4.69) is 4.98 Å². The normalized spacial score (nSPS) is 13.0. The van der Waals surface area contributed by atoms with Crippen molar-refractivity contribution in [2.45, 2.75) is 25.7 Å². The van der Waals surface area contributed by atoms with Gasteiger partial charge in [-0.25, -0.2) is 17.7 Å². The maximum absolute atomic E-state index is 12.2. The molecule has 1 heterocycles. The van der Waals surface area contributed by atoms with Crippen molar-refractivity contribution in [1.29, 1.82) is 0 Å². The van der Waals surface area contributed by atoms with Crippen molar-refractivity contribution in [3.8, 4) is 0 Å². The van der Waals surface area contributed by atoms with E-state index in [4.69, 9.17) is 5.73 Å². The van der Waals surface area contributed by atoms with Crippen LogP contribution in [0.25, 0.3) is 0 Å². The minimum atomic E-state index is -3.48. The molecular weight excluding hydrogens is 238 g/mol. The van der Waals surface area contributed by atoms with E-state index in [1.807, 2.05) is 20.8 Å². The minimum absolute atomic E-state index is 0.0968. The van der Waals surface area contributed by atoms with E-state index in [0.717, 1.165) is 0 Å². The fraction of sp³-hybridized carbons (Fsp3) is 0.545. The number of sulfonamides is 1. The first-order chi connectivity index (χ1) is 7.63. The van der Waals surface area contributed by atoms with Gasteiger partial charge in [-0.3, -0.25) is 0 Å². The Balaban J connectivity index is 3.04. The summed E-state index contributed by atoms with van der Waals surface area (Å²) in [6, 6.07) is 2.82. The summed E-state index contributed by atoms with van der Waals surface area (Å²) in [5.74, 6) is 0.204. The summed E-state index contributed by atoms with van der Waals surface area (Å²) < 4.78 is 25.7. The summed E-state index contributed by atoms with van der Waals surface area (Å²) in [5.41, 5.74) is 5.39. The van der Waals surface area contributed by atoms with Crippen LogP contribution in [0.4, 0.5) is 5.82 Å². The topological polar surface area (TPSA) is 76.3 Å². The Morgan fingerprint density at radius 2 is 2.00 bits per heavy atom. The Kier molecular flexibility index (Phi) is 3.78. The Hall–Kier alpha value is -1.14.